The Bertz CT molecular complexity index is 1620. The molecule has 12 nitrogen and oxygen atoms in total. The van der Waals surface area contributed by atoms with Gasteiger partial charge in [0.25, 0.3) is 11.8 Å². The smallest absolute Gasteiger partial charge is 0.341 e. The van der Waals surface area contributed by atoms with Crippen LogP contribution in [-0.2, 0) is 24.0 Å². The summed E-state index contributed by atoms with van der Waals surface area (Å²) >= 11 is 12.0. The molecule has 0 bridgehead atoms. The van der Waals surface area contributed by atoms with Gasteiger partial charge in [0, 0.05) is 11.8 Å². The van der Waals surface area contributed by atoms with Crippen LogP contribution < -0.4 is 10.6 Å². The molecule has 0 saturated carbocycles. The van der Waals surface area contributed by atoms with E-state index in [4.69, 9.17) is 32.8 Å². The van der Waals surface area contributed by atoms with Crippen molar-refractivity contribution in [3.63, 3.8) is 0 Å². The van der Waals surface area contributed by atoms with Crippen LogP contribution in [0.5, 0.6) is 0 Å². The standard InChI is InChI=1S/C30H28Cl2N4O8/c1-15(2)27(35-28(40)20-11-10-16-6-3-4-9-19(16)33-20)22-12-24(44-36-22)29(41)34-21(13-25(38)39)23(37)14-43-30(42)26-17(31)7-5-8-18(26)32/h3-11,15,21,24,27H,12-14H2,1-2H3,(H,34,41)(H,35,40)(H,38,39). The lowest BCUT2D eigenvalue weighted by Gasteiger charge is -2.22. The zero-order chi connectivity index (χ0) is 32.0. The van der Waals surface area contributed by atoms with Crippen molar-refractivity contribution in [1.29, 1.82) is 0 Å². The van der Waals surface area contributed by atoms with Gasteiger partial charge in [0.15, 0.2) is 12.4 Å². The monoisotopic (exact) mass is 642 g/mol. The zero-order valence-corrected chi connectivity index (χ0v) is 25.1. The maximum Gasteiger partial charge on any atom is 0.341 e. The van der Waals surface area contributed by atoms with E-state index in [1.807, 2.05) is 32.0 Å². The summed E-state index contributed by atoms with van der Waals surface area (Å²) in [5.41, 5.74) is 1.08. The summed E-state index contributed by atoms with van der Waals surface area (Å²) in [6.45, 7) is 2.86. The minimum atomic E-state index is -1.54. The van der Waals surface area contributed by atoms with E-state index in [1.54, 1.807) is 18.2 Å². The fourth-order valence-electron chi connectivity index (χ4n) is 4.45. The number of amides is 2. The number of ketones is 1. The molecule has 3 unspecified atom stereocenters. The molecule has 3 N–H and O–H groups in total. The SMILES string of the molecule is CC(C)C(NC(=O)c1ccc2ccccc2n1)C1=NOC(C(=O)NC(CC(=O)O)C(=O)COC(=O)c2c(Cl)cccc2Cl)C1. The number of carbonyl (C=O) groups is 5. The van der Waals surface area contributed by atoms with Crippen LogP contribution in [0.15, 0.2) is 59.8 Å². The lowest BCUT2D eigenvalue weighted by molar-refractivity contribution is -0.142. The van der Waals surface area contributed by atoms with Gasteiger partial charge in [-0.2, -0.15) is 0 Å². The topological polar surface area (TPSA) is 173 Å². The summed E-state index contributed by atoms with van der Waals surface area (Å²) in [6, 6.07) is 13.0. The molecule has 1 aliphatic rings. The van der Waals surface area contributed by atoms with Crippen LogP contribution in [0.4, 0.5) is 0 Å². The first-order chi connectivity index (χ1) is 20.9. The highest BCUT2D eigenvalue weighted by molar-refractivity contribution is 6.39. The van der Waals surface area contributed by atoms with Crippen molar-refractivity contribution in [3.8, 4) is 0 Å². The van der Waals surface area contributed by atoms with Gasteiger partial charge in [-0.05, 0) is 30.2 Å². The molecule has 0 radical (unpaired) electrons. The summed E-state index contributed by atoms with van der Waals surface area (Å²) in [7, 11) is 0. The molecule has 1 aromatic heterocycles. The van der Waals surface area contributed by atoms with Crippen molar-refractivity contribution < 1.29 is 38.7 Å². The molecule has 2 amide bonds. The van der Waals surface area contributed by atoms with Crippen molar-refractivity contribution in [1.82, 2.24) is 15.6 Å². The molecule has 4 rings (SSSR count). The summed E-state index contributed by atoms with van der Waals surface area (Å²) in [6.07, 6.45) is -2.01. The number of rotatable bonds is 12. The average Bonchev–Trinajstić information content (AvgIpc) is 3.47. The average molecular weight is 643 g/mol. The number of fused-ring (bicyclic) bond motifs is 1. The second-order valence-corrected chi connectivity index (χ2v) is 11.1. The number of pyridine rings is 1. The predicted octanol–water partition coefficient (Wildman–Crippen LogP) is 3.83. The van der Waals surface area contributed by atoms with Crippen molar-refractivity contribution in [2.75, 3.05) is 6.61 Å². The minimum Gasteiger partial charge on any atom is -0.481 e. The van der Waals surface area contributed by atoms with Crippen LogP contribution in [0, 0.1) is 5.92 Å². The second-order valence-electron chi connectivity index (χ2n) is 10.3. The van der Waals surface area contributed by atoms with Crippen LogP contribution >= 0.6 is 23.2 Å². The number of aromatic nitrogens is 1. The summed E-state index contributed by atoms with van der Waals surface area (Å²) in [5, 5.41) is 19.4. The fraction of sp³-hybridized carbons (Fsp3) is 0.300. The van der Waals surface area contributed by atoms with Crippen LogP contribution in [0.3, 0.4) is 0 Å². The normalized spacial score (nSPS) is 15.6. The summed E-state index contributed by atoms with van der Waals surface area (Å²) in [5.74, 6) is -4.65. The lowest BCUT2D eigenvalue weighted by Crippen LogP contribution is -2.49. The first-order valence-electron chi connectivity index (χ1n) is 13.5. The van der Waals surface area contributed by atoms with Gasteiger partial charge >= 0.3 is 11.9 Å². The molecule has 2 aromatic carbocycles. The van der Waals surface area contributed by atoms with E-state index in [0.717, 1.165) is 5.39 Å². The molecule has 0 aliphatic carbocycles. The summed E-state index contributed by atoms with van der Waals surface area (Å²) in [4.78, 5) is 72.4. The molecule has 3 atom stereocenters. The number of esters is 1. The van der Waals surface area contributed by atoms with Crippen molar-refractivity contribution in [2.24, 2.45) is 11.1 Å². The number of nitrogens with one attached hydrogen (secondary N) is 2. The van der Waals surface area contributed by atoms with Crippen molar-refractivity contribution in [3.05, 3.63) is 75.9 Å². The molecule has 230 valence electrons. The number of hydrogen-bond acceptors (Lipinski definition) is 9. The zero-order valence-electron chi connectivity index (χ0n) is 23.6. The highest BCUT2D eigenvalue weighted by Crippen LogP contribution is 2.25. The maximum absolute atomic E-state index is 13.0. The van der Waals surface area contributed by atoms with Crippen LogP contribution in [0.25, 0.3) is 10.9 Å². The Kier molecular flexibility index (Phi) is 10.5. The number of para-hydroxylation sites is 1. The number of carboxylic acid groups (broad SMARTS) is 1. The van der Waals surface area contributed by atoms with E-state index in [2.05, 4.69) is 20.8 Å². The van der Waals surface area contributed by atoms with Gasteiger partial charge in [0.05, 0.1) is 39.3 Å². The number of ether oxygens (including phenoxy) is 1. The minimum absolute atomic E-state index is 0.00365. The van der Waals surface area contributed by atoms with Gasteiger partial charge in [-0.15, -0.1) is 0 Å². The van der Waals surface area contributed by atoms with Gasteiger partial charge in [0.1, 0.15) is 11.7 Å². The summed E-state index contributed by atoms with van der Waals surface area (Å²) < 4.78 is 4.99. The van der Waals surface area contributed by atoms with E-state index < -0.39 is 60.8 Å². The number of benzene rings is 2. The van der Waals surface area contributed by atoms with E-state index >= 15 is 0 Å². The predicted molar refractivity (Wildman–Crippen MR) is 161 cm³/mol. The van der Waals surface area contributed by atoms with Crippen molar-refractivity contribution in [2.45, 2.75) is 44.9 Å². The molecule has 44 heavy (non-hydrogen) atoms. The number of halogens is 2. The lowest BCUT2D eigenvalue weighted by atomic mass is 9.95. The maximum atomic E-state index is 13.0. The van der Waals surface area contributed by atoms with Gasteiger partial charge in [-0.25, -0.2) is 9.78 Å². The Morgan fingerprint density at radius 3 is 2.39 bits per heavy atom. The van der Waals surface area contributed by atoms with Gasteiger partial charge in [0.2, 0.25) is 6.10 Å². The number of aliphatic carboxylic acids is 1. The number of carbonyl (C=O) groups excluding carboxylic acids is 4. The number of carboxylic acids is 1. The Labute approximate surface area is 261 Å². The van der Waals surface area contributed by atoms with Gasteiger partial charge < -0.3 is 25.3 Å². The van der Waals surface area contributed by atoms with E-state index in [9.17, 15) is 29.1 Å². The van der Waals surface area contributed by atoms with E-state index in [1.165, 1.54) is 18.2 Å². The van der Waals surface area contributed by atoms with E-state index in [-0.39, 0.29) is 33.6 Å². The Morgan fingerprint density at radius 1 is 1.00 bits per heavy atom. The van der Waals surface area contributed by atoms with Crippen molar-refractivity contribution >= 4 is 69.4 Å². The first kappa shape index (κ1) is 32.4. The third-order valence-corrected chi connectivity index (χ3v) is 7.35. The van der Waals surface area contributed by atoms with Crippen LogP contribution in [-0.4, -0.2) is 70.1 Å². The molecule has 2 heterocycles. The van der Waals surface area contributed by atoms with Gasteiger partial charge in [-0.1, -0.05) is 72.5 Å². The number of hydrogen-bond donors (Lipinski definition) is 3. The molecule has 0 saturated heterocycles. The Balaban J connectivity index is 1.37. The number of Topliss-reactive ketones (excluding diaryl/α,β-unsaturated/α-hetero) is 1. The van der Waals surface area contributed by atoms with Crippen LogP contribution in [0.2, 0.25) is 10.0 Å². The number of oxime groups is 1. The Hall–Kier alpha value is -4.55. The fourth-order valence-corrected chi connectivity index (χ4v) is 5.00. The van der Waals surface area contributed by atoms with Crippen LogP contribution in [0.1, 0.15) is 47.5 Å². The molecular weight excluding hydrogens is 615 g/mol. The highest BCUT2D eigenvalue weighted by Gasteiger charge is 2.36. The molecule has 3 aromatic rings. The first-order valence-corrected chi connectivity index (χ1v) is 14.3. The largest absolute Gasteiger partial charge is 0.481 e. The molecule has 0 spiro atoms. The molecule has 14 heteroatoms. The number of nitrogens with zero attached hydrogens (tertiary/aromatic N) is 2. The van der Waals surface area contributed by atoms with E-state index in [0.29, 0.717) is 11.2 Å². The highest BCUT2D eigenvalue weighted by atomic mass is 35.5. The third-order valence-electron chi connectivity index (χ3n) is 6.72. The van der Waals surface area contributed by atoms with Gasteiger partial charge in [-0.3, -0.25) is 19.2 Å². The molecular formula is C30H28Cl2N4O8. The molecule has 0 fully saturated rings. The third kappa shape index (κ3) is 7.88. The second kappa shape index (κ2) is 14.3. The molecule has 1 aliphatic heterocycles. The Morgan fingerprint density at radius 2 is 1.70 bits per heavy atom. The quantitative estimate of drug-likeness (QED) is 0.248.